The van der Waals surface area contributed by atoms with Crippen LogP contribution in [0.25, 0.3) is 0 Å². The van der Waals surface area contributed by atoms with E-state index in [4.69, 9.17) is 4.74 Å². The highest BCUT2D eigenvalue weighted by Gasteiger charge is 2.40. The highest BCUT2D eigenvalue weighted by atomic mass is 16.5. The largest absolute Gasteiger partial charge is 0.375 e. The maximum absolute atomic E-state index is 6.22. The van der Waals surface area contributed by atoms with Crippen molar-refractivity contribution >= 4 is 0 Å². The molecule has 2 atom stereocenters. The summed E-state index contributed by atoms with van der Waals surface area (Å²) in [7, 11) is 2.07. The summed E-state index contributed by atoms with van der Waals surface area (Å²) in [6, 6.07) is 4.64. The van der Waals surface area contributed by atoms with Crippen molar-refractivity contribution in [3.8, 4) is 0 Å². The van der Waals surface area contributed by atoms with Crippen LogP contribution >= 0.6 is 0 Å². The summed E-state index contributed by atoms with van der Waals surface area (Å²) in [6.07, 6.45) is 12.8. The van der Waals surface area contributed by atoms with Gasteiger partial charge in [0.2, 0.25) is 0 Å². The van der Waals surface area contributed by atoms with Gasteiger partial charge in [-0.2, -0.15) is 0 Å². The SMILES string of the molecule is CNC(c1cccnc1)C1CCOC2(CCCCC2)C1. The van der Waals surface area contributed by atoms with E-state index in [1.54, 1.807) is 0 Å². The third-order valence-corrected chi connectivity index (χ3v) is 5.12. The van der Waals surface area contributed by atoms with Crippen LogP contribution in [0.2, 0.25) is 0 Å². The van der Waals surface area contributed by atoms with Gasteiger partial charge < -0.3 is 10.1 Å². The molecule has 1 aliphatic carbocycles. The molecule has 20 heavy (non-hydrogen) atoms. The fourth-order valence-electron chi connectivity index (χ4n) is 4.13. The molecule has 0 aromatic carbocycles. The normalized spacial score (nSPS) is 27.4. The quantitative estimate of drug-likeness (QED) is 0.916. The van der Waals surface area contributed by atoms with Crippen LogP contribution in [0.15, 0.2) is 24.5 Å². The molecule has 1 aromatic heterocycles. The minimum absolute atomic E-state index is 0.179. The van der Waals surface area contributed by atoms with Crippen LogP contribution in [0.4, 0.5) is 0 Å². The van der Waals surface area contributed by atoms with Crippen molar-refractivity contribution in [2.75, 3.05) is 13.7 Å². The molecule has 0 bridgehead atoms. The number of hydrogen-bond donors (Lipinski definition) is 1. The standard InChI is InChI=1S/C17H26N2O/c1-18-16(15-6-5-10-19-13-15)14-7-11-20-17(12-14)8-3-2-4-9-17/h5-6,10,13-14,16,18H,2-4,7-9,11-12H2,1H3. The van der Waals surface area contributed by atoms with E-state index in [-0.39, 0.29) is 5.60 Å². The zero-order chi connectivity index (χ0) is 13.8. The van der Waals surface area contributed by atoms with Gasteiger partial charge in [0.1, 0.15) is 0 Å². The maximum Gasteiger partial charge on any atom is 0.0686 e. The van der Waals surface area contributed by atoms with Crippen LogP contribution in [0, 0.1) is 5.92 Å². The molecule has 0 amide bonds. The molecule has 2 unspecified atom stereocenters. The second-order valence-corrected chi connectivity index (χ2v) is 6.40. The van der Waals surface area contributed by atoms with E-state index >= 15 is 0 Å². The van der Waals surface area contributed by atoms with E-state index in [1.807, 2.05) is 18.5 Å². The summed E-state index contributed by atoms with van der Waals surface area (Å²) in [6.45, 7) is 0.920. The fraction of sp³-hybridized carbons (Fsp3) is 0.706. The molecular formula is C17H26N2O. The van der Waals surface area contributed by atoms with Crippen LogP contribution in [-0.4, -0.2) is 24.2 Å². The van der Waals surface area contributed by atoms with Crippen molar-refractivity contribution in [1.29, 1.82) is 0 Å². The number of hydrogen-bond acceptors (Lipinski definition) is 3. The van der Waals surface area contributed by atoms with Gasteiger partial charge in [-0.1, -0.05) is 25.3 Å². The van der Waals surface area contributed by atoms with Gasteiger partial charge >= 0.3 is 0 Å². The molecule has 1 spiro atoms. The number of aromatic nitrogens is 1. The van der Waals surface area contributed by atoms with Crippen LogP contribution in [0.3, 0.4) is 0 Å². The van der Waals surface area contributed by atoms with Crippen LogP contribution in [0.5, 0.6) is 0 Å². The smallest absolute Gasteiger partial charge is 0.0686 e. The Morgan fingerprint density at radius 2 is 2.20 bits per heavy atom. The summed E-state index contributed by atoms with van der Waals surface area (Å²) in [4.78, 5) is 4.28. The molecule has 2 fully saturated rings. The van der Waals surface area contributed by atoms with E-state index < -0.39 is 0 Å². The lowest BCUT2D eigenvalue weighted by molar-refractivity contribution is -0.121. The first-order valence-electron chi connectivity index (χ1n) is 8.04. The second-order valence-electron chi connectivity index (χ2n) is 6.40. The molecule has 2 aliphatic rings. The van der Waals surface area contributed by atoms with Gasteiger partial charge in [0.25, 0.3) is 0 Å². The van der Waals surface area contributed by atoms with E-state index in [2.05, 4.69) is 23.4 Å². The van der Waals surface area contributed by atoms with Gasteiger partial charge in [0.05, 0.1) is 5.60 Å². The van der Waals surface area contributed by atoms with E-state index in [0.717, 1.165) is 13.0 Å². The Labute approximate surface area is 122 Å². The van der Waals surface area contributed by atoms with E-state index in [0.29, 0.717) is 12.0 Å². The average molecular weight is 274 g/mol. The zero-order valence-corrected chi connectivity index (χ0v) is 12.5. The van der Waals surface area contributed by atoms with E-state index in [1.165, 1.54) is 44.1 Å². The number of nitrogens with zero attached hydrogens (tertiary/aromatic N) is 1. The van der Waals surface area contributed by atoms with Crippen molar-refractivity contribution in [3.05, 3.63) is 30.1 Å². The summed E-state index contributed by atoms with van der Waals surface area (Å²) in [5.74, 6) is 0.663. The van der Waals surface area contributed by atoms with Crippen molar-refractivity contribution < 1.29 is 4.74 Å². The Bertz CT molecular complexity index is 409. The Morgan fingerprint density at radius 3 is 2.90 bits per heavy atom. The first-order chi connectivity index (χ1) is 9.83. The Morgan fingerprint density at radius 1 is 1.35 bits per heavy atom. The molecule has 1 aromatic rings. The van der Waals surface area contributed by atoms with Crippen molar-refractivity contribution in [2.24, 2.45) is 5.92 Å². The molecular weight excluding hydrogens is 248 g/mol. The van der Waals surface area contributed by atoms with Gasteiger partial charge in [-0.15, -0.1) is 0 Å². The van der Waals surface area contributed by atoms with E-state index in [9.17, 15) is 0 Å². The van der Waals surface area contributed by atoms with Gasteiger partial charge in [0, 0.05) is 25.0 Å². The highest BCUT2D eigenvalue weighted by molar-refractivity contribution is 5.15. The lowest BCUT2D eigenvalue weighted by atomic mass is 9.73. The number of rotatable bonds is 3. The molecule has 3 nitrogen and oxygen atoms in total. The summed E-state index contributed by atoms with van der Waals surface area (Å²) in [5.41, 5.74) is 1.49. The topological polar surface area (TPSA) is 34.2 Å². The Kier molecular flexibility index (Phi) is 4.37. The average Bonchev–Trinajstić information content (AvgIpc) is 2.50. The van der Waals surface area contributed by atoms with Gasteiger partial charge in [-0.05, 0) is 50.3 Å². The van der Waals surface area contributed by atoms with Gasteiger partial charge in [-0.25, -0.2) is 0 Å². The monoisotopic (exact) mass is 274 g/mol. The Hall–Kier alpha value is -0.930. The van der Waals surface area contributed by atoms with Gasteiger partial charge in [0.15, 0.2) is 0 Å². The number of pyridine rings is 1. The molecule has 1 N–H and O–H groups in total. The summed E-state index contributed by atoms with van der Waals surface area (Å²) < 4.78 is 6.22. The Balaban J connectivity index is 1.75. The third-order valence-electron chi connectivity index (χ3n) is 5.12. The first kappa shape index (κ1) is 14.0. The van der Waals surface area contributed by atoms with Crippen LogP contribution in [0.1, 0.15) is 56.6 Å². The molecule has 1 saturated heterocycles. The third kappa shape index (κ3) is 2.89. The molecule has 3 rings (SSSR count). The number of ether oxygens (including phenoxy) is 1. The predicted octanol–water partition coefficient (Wildman–Crippen LogP) is 3.47. The van der Waals surface area contributed by atoms with Crippen molar-refractivity contribution in [3.63, 3.8) is 0 Å². The molecule has 1 aliphatic heterocycles. The summed E-state index contributed by atoms with van der Waals surface area (Å²) >= 11 is 0. The minimum atomic E-state index is 0.179. The van der Waals surface area contributed by atoms with Gasteiger partial charge in [-0.3, -0.25) is 4.98 Å². The second kappa shape index (κ2) is 6.23. The first-order valence-corrected chi connectivity index (χ1v) is 8.04. The summed E-state index contributed by atoms with van der Waals surface area (Å²) in [5, 5.41) is 3.51. The van der Waals surface area contributed by atoms with Crippen LogP contribution in [-0.2, 0) is 4.74 Å². The lowest BCUT2D eigenvalue weighted by Crippen LogP contribution is -2.44. The molecule has 2 heterocycles. The predicted molar refractivity (Wildman–Crippen MR) is 80.5 cm³/mol. The highest BCUT2D eigenvalue weighted by Crippen LogP contribution is 2.44. The fourth-order valence-corrected chi connectivity index (χ4v) is 4.13. The van der Waals surface area contributed by atoms with Crippen LogP contribution < -0.4 is 5.32 Å². The molecule has 0 radical (unpaired) electrons. The lowest BCUT2D eigenvalue weighted by Gasteiger charge is -2.45. The maximum atomic E-state index is 6.22. The van der Waals surface area contributed by atoms with Crippen molar-refractivity contribution in [2.45, 2.75) is 56.6 Å². The molecule has 3 heteroatoms. The molecule has 1 saturated carbocycles. The molecule has 110 valence electrons. The zero-order valence-electron chi connectivity index (χ0n) is 12.5. The minimum Gasteiger partial charge on any atom is -0.375 e. The number of nitrogens with one attached hydrogen (secondary N) is 1. The van der Waals surface area contributed by atoms with Crippen molar-refractivity contribution in [1.82, 2.24) is 10.3 Å².